The number of benzene rings is 1. The van der Waals surface area contributed by atoms with Gasteiger partial charge in [-0.15, -0.1) is 11.3 Å². The smallest absolute Gasteiger partial charge is 0.263 e. The number of thiazole rings is 1. The maximum absolute atomic E-state index is 12.5. The van der Waals surface area contributed by atoms with Crippen LogP contribution in [0.3, 0.4) is 0 Å². The predicted octanol–water partition coefficient (Wildman–Crippen LogP) is 2.59. The predicted molar refractivity (Wildman–Crippen MR) is 86.3 cm³/mol. The fourth-order valence-corrected chi connectivity index (χ4v) is 4.33. The molecule has 2 aromatic rings. The van der Waals surface area contributed by atoms with Crippen LogP contribution in [-0.4, -0.2) is 20.4 Å². The molecule has 0 fully saturated rings. The highest BCUT2D eigenvalue weighted by Gasteiger charge is 2.19. The van der Waals surface area contributed by atoms with Crippen LogP contribution < -0.4 is 10.0 Å². The summed E-state index contributed by atoms with van der Waals surface area (Å²) in [6.45, 7) is 6.24. The molecule has 2 rings (SSSR count). The zero-order valence-electron chi connectivity index (χ0n) is 12.5. The number of nitrogens with one attached hydrogen (secondary N) is 2. The molecule has 5 nitrogen and oxygen atoms in total. The second-order valence-corrected chi connectivity index (χ2v) is 7.48. The Bertz CT molecular complexity index is 752. The molecule has 0 unspecified atom stereocenters. The number of hydrogen-bond donors (Lipinski definition) is 2. The van der Waals surface area contributed by atoms with Crippen LogP contribution in [-0.2, 0) is 16.6 Å². The maximum atomic E-state index is 12.5. The summed E-state index contributed by atoms with van der Waals surface area (Å²) in [5.74, 6) is 0. The fourth-order valence-electron chi connectivity index (χ4n) is 2.12. The minimum Gasteiger partial charge on any atom is -0.316 e. The van der Waals surface area contributed by atoms with E-state index in [2.05, 4.69) is 15.0 Å². The van der Waals surface area contributed by atoms with Crippen molar-refractivity contribution in [1.29, 1.82) is 0 Å². The highest BCUT2D eigenvalue weighted by Crippen LogP contribution is 2.24. The van der Waals surface area contributed by atoms with Crippen LogP contribution in [0.4, 0.5) is 5.13 Å². The van der Waals surface area contributed by atoms with Crippen molar-refractivity contribution in [3.05, 3.63) is 39.9 Å². The summed E-state index contributed by atoms with van der Waals surface area (Å²) in [6.07, 6.45) is 0. The number of rotatable bonds is 5. The van der Waals surface area contributed by atoms with E-state index in [1.54, 1.807) is 13.0 Å². The van der Waals surface area contributed by atoms with Crippen LogP contribution in [0.1, 0.15) is 22.4 Å². The number of sulfonamides is 1. The Morgan fingerprint density at radius 1 is 1.19 bits per heavy atom. The van der Waals surface area contributed by atoms with Gasteiger partial charge in [-0.25, -0.2) is 13.4 Å². The summed E-state index contributed by atoms with van der Waals surface area (Å²) in [7, 11) is -1.78. The minimum atomic E-state index is -3.62. The Hall–Kier alpha value is -1.44. The molecule has 0 bridgehead atoms. The Balaban J connectivity index is 2.41. The van der Waals surface area contributed by atoms with Crippen molar-refractivity contribution in [3.8, 4) is 0 Å². The van der Waals surface area contributed by atoms with E-state index < -0.39 is 10.0 Å². The molecule has 0 aliphatic carbocycles. The number of aromatic nitrogens is 1. The first-order chi connectivity index (χ1) is 9.83. The SMILES string of the molecule is CNCc1cc(S(=O)(=O)Nc2nc(C)cs2)c(C)cc1C. The molecule has 0 saturated carbocycles. The first-order valence-electron chi connectivity index (χ1n) is 6.53. The van der Waals surface area contributed by atoms with Gasteiger partial charge in [0.05, 0.1) is 10.6 Å². The van der Waals surface area contributed by atoms with E-state index in [9.17, 15) is 8.42 Å². The molecule has 0 aliphatic rings. The van der Waals surface area contributed by atoms with Crippen molar-refractivity contribution in [1.82, 2.24) is 10.3 Å². The Morgan fingerprint density at radius 3 is 2.48 bits per heavy atom. The second-order valence-electron chi connectivity index (χ2n) is 4.97. The topological polar surface area (TPSA) is 71.1 Å². The van der Waals surface area contributed by atoms with E-state index in [4.69, 9.17) is 0 Å². The van der Waals surface area contributed by atoms with Crippen molar-refractivity contribution in [3.63, 3.8) is 0 Å². The first kappa shape index (κ1) is 15.9. The van der Waals surface area contributed by atoms with Crippen molar-refractivity contribution in [2.75, 3.05) is 11.8 Å². The highest BCUT2D eigenvalue weighted by atomic mass is 32.2. The van der Waals surface area contributed by atoms with Gasteiger partial charge < -0.3 is 5.32 Å². The monoisotopic (exact) mass is 325 g/mol. The summed E-state index contributed by atoms with van der Waals surface area (Å²) in [4.78, 5) is 4.44. The van der Waals surface area contributed by atoms with Crippen molar-refractivity contribution in [2.24, 2.45) is 0 Å². The Kier molecular flexibility index (Phi) is 4.65. The van der Waals surface area contributed by atoms with Gasteiger partial charge in [0.2, 0.25) is 0 Å². The van der Waals surface area contributed by atoms with E-state index in [1.807, 2.05) is 32.3 Å². The lowest BCUT2D eigenvalue weighted by Crippen LogP contribution is -2.16. The summed E-state index contributed by atoms with van der Waals surface area (Å²) in [6, 6.07) is 3.62. The van der Waals surface area contributed by atoms with Gasteiger partial charge in [0.15, 0.2) is 5.13 Å². The number of aryl methyl sites for hydroxylation is 3. The molecule has 0 saturated heterocycles. The van der Waals surface area contributed by atoms with E-state index in [-0.39, 0.29) is 0 Å². The normalized spacial score (nSPS) is 11.6. The van der Waals surface area contributed by atoms with Crippen molar-refractivity contribution >= 4 is 26.5 Å². The maximum Gasteiger partial charge on any atom is 0.263 e. The Morgan fingerprint density at radius 2 is 1.90 bits per heavy atom. The molecule has 0 aliphatic heterocycles. The van der Waals surface area contributed by atoms with Crippen LogP contribution in [0.25, 0.3) is 0 Å². The van der Waals surface area contributed by atoms with Gasteiger partial charge in [-0.2, -0.15) is 0 Å². The summed E-state index contributed by atoms with van der Waals surface area (Å²) in [5.41, 5.74) is 3.58. The van der Waals surface area contributed by atoms with E-state index in [1.165, 1.54) is 11.3 Å². The van der Waals surface area contributed by atoms with Crippen LogP contribution in [0.5, 0.6) is 0 Å². The molecule has 1 aromatic heterocycles. The average Bonchev–Trinajstić information content (AvgIpc) is 2.77. The van der Waals surface area contributed by atoms with Crippen LogP contribution in [0.15, 0.2) is 22.4 Å². The lowest BCUT2D eigenvalue weighted by molar-refractivity contribution is 0.600. The molecule has 21 heavy (non-hydrogen) atoms. The zero-order chi connectivity index (χ0) is 15.6. The molecule has 114 valence electrons. The largest absolute Gasteiger partial charge is 0.316 e. The van der Waals surface area contributed by atoms with Gasteiger partial charge in [-0.1, -0.05) is 6.07 Å². The first-order valence-corrected chi connectivity index (χ1v) is 8.89. The fraction of sp³-hybridized carbons (Fsp3) is 0.357. The van der Waals surface area contributed by atoms with Crippen LogP contribution in [0.2, 0.25) is 0 Å². The lowest BCUT2D eigenvalue weighted by atomic mass is 10.1. The van der Waals surface area contributed by atoms with E-state index in [0.717, 1.165) is 22.4 Å². The van der Waals surface area contributed by atoms with Crippen molar-refractivity contribution in [2.45, 2.75) is 32.2 Å². The number of nitrogens with zero attached hydrogens (tertiary/aromatic N) is 1. The third kappa shape index (κ3) is 3.61. The number of anilines is 1. The standard InChI is InChI=1S/C14H19N3O2S2/c1-9-5-10(2)13(6-12(9)7-15-4)21(18,19)17-14-16-11(3)8-20-14/h5-6,8,15H,7H2,1-4H3,(H,16,17). The molecule has 0 spiro atoms. The quantitative estimate of drug-likeness (QED) is 0.886. The van der Waals surface area contributed by atoms with Gasteiger partial charge in [-0.3, -0.25) is 4.72 Å². The molecule has 0 radical (unpaired) electrons. The second kappa shape index (κ2) is 6.13. The minimum absolute atomic E-state index is 0.297. The molecule has 1 heterocycles. The summed E-state index contributed by atoms with van der Waals surface area (Å²) in [5, 5.41) is 5.25. The van der Waals surface area contributed by atoms with Crippen LogP contribution in [0, 0.1) is 20.8 Å². The highest BCUT2D eigenvalue weighted by molar-refractivity contribution is 7.93. The molecular formula is C14H19N3O2S2. The molecule has 0 amide bonds. The summed E-state index contributed by atoms with van der Waals surface area (Å²) >= 11 is 1.28. The third-order valence-electron chi connectivity index (χ3n) is 3.13. The van der Waals surface area contributed by atoms with E-state index in [0.29, 0.717) is 16.6 Å². The van der Waals surface area contributed by atoms with Gasteiger partial charge in [-0.05, 0) is 50.6 Å². The molecule has 7 heteroatoms. The van der Waals surface area contributed by atoms with Crippen LogP contribution >= 0.6 is 11.3 Å². The van der Waals surface area contributed by atoms with Gasteiger partial charge in [0.25, 0.3) is 10.0 Å². The third-order valence-corrected chi connectivity index (χ3v) is 5.62. The number of hydrogen-bond acceptors (Lipinski definition) is 5. The Labute approximate surface area is 129 Å². The molecule has 1 aromatic carbocycles. The van der Waals surface area contributed by atoms with Gasteiger partial charge in [0, 0.05) is 11.9 Å². The molecule has 2 N–H and O–H groups in total. The van der Waals surface area contributed by atoms with Gasteiger partial charge >= 0.3 is 0 Å². The van der Waals surface area contributed by atoms with E-state index >= 15 is 0 Å². The molecular weight excluding hydrogens is 306 g/mol. The zero-order valence-corrected chi connectivity index (χ0v) is 14.2. The van der Waals surface area contributed by atoms with Crippen molar-refractivity contribution < 1.29 is 8.42 Å². The van der Waals surface area contributed by atoms with Gasteiger partial charge in [0.1, 0.15) is 0 Å². The molecule has 0 atom stereocenters. The average molecular weight is 325 g/mol. The lowest BCUT2D eigenvalue weighted by Gasteiger charge is -2.13. The summed E-state index contributed by atoms with van der Waals surface area (Å²) < 4.78 is 27.6.